The average molecular weight is 418 g/mol. The molecule has 3 aromatic rings. The molecule has 0 N–H and O–H groups in total. The average Bonchev–Trinajstić information content (AvgIpc) is 3.14. The van der Waals surface area contributed by atoms with Crippen LogP contribution in [0.15, 0.2) is 53.9 Å². The predicted octanol–water partition coefficient (Wildman–Crippen LogP) is 3.72. The van der Waals surface area contributed by atoms with Crippen LogP contribution in [0.1, 0.15) is 21.6 Å². The van der Waals surface area contributed by atoms with Gasteiger partial charge in [0, 0.05) is 17.2 Å². The van der Waals surface area contributed by atoms with Crippen LogP contribution in [0.5, 0.6) is 5.75 Å². The first kappa shape index (κ1) is 20.0. The van der Waals surface area contributed by atoms with Crippen LogP contribution in [0.2, 0.25) is 0 Å². The van der Waals surface area contributed by atoms with E-state index in [4.69, 9.17) is 9.47 Å². The number of methoxy groups -OCH3 is 1. The minimum atomic E-state index is -3.11. The van der Waals surface area contributed by atoms with Crippen LogP contribution >= 0.6 is 11.3 Å². The van der Waals surface area contributed by atoms with Gasteiger partial charge in [-0.1, -0.05) is 12.1 Å². The van der Waals surface area contributed by atoms with Gasteiger partial charge in [-0.3, -0.25) is 0 Å². The molecular formula is C20H19NO5S2. The SMILES string of the molecule is COc1ccc(-c2nc(COC(=O)c3ccc(CS(C)(=O)=O)cc3)cs2)cc1. The quantitative estimate of drug-likeness (QED) is 0.545. The molecule has 0 spiro atoms. The zero-order valence-electron chi connectivity index (χ0n) is 15.4. The molecule has 0 saturated heterocycles. The van der Waals surface area contributed by atoms with Crippen molar-refractivity contribution in [3.63, 3.8) is 0 Å². The highest BCUT2D eigenvalue weighted by Gasteiger charge is 2.11. The second kappa shape index (κ2) is 8.53. The molecule has 8 heteroatoms. The molecule has 0 amide bonds. The molecule has 0 aliphatic rings. The topological polar surface area (TPSA) is 82.6 Å². The van der Waals surface area contributed by atoms with Gasteiger partial charge in [-0.15, -0.1) is 11.3 Å². The summed E-state index contributed by atoms with van der Waals surface area (Å²) in [7, 11) is -1.50. The van der Waals surface area contributed by atoms with Crippen LogP contribution in [0, 0.1) is 0 Å². The molecule has 1 heterocycles. The molecule has 0 unspecified atom stereocenters. The maximum atomic E-state index is 12.2. The third-order valence-corrected chi connectivity index (χ3v) is 5.66. The van der Waals surface area contributed by atoms with Crippen molar-refractivity contribution < 1.29 is 22.7 Å². The van der Waals surface area contributed by atoms with Gasteiger partial charge in [0.2, 0.25) is 0 Å². The van der Waals surface area contributed by atoms with Crippen LogP contribution in [-0.2, 0) is 26.9 Å². The first-order chi connectivity index (χ1) is 13.3. The highest BCUT2D eigenvalue weighted by atomic mass is 32.2. The summed E-state index contributed by atoms with van der Waals surface area (Å²) in [4.78, 5) is 16.7. The van der Waals surface area contributed by atoms with Gasteiger partial charge < -0.3 is 9.47 Å². The molecule has 0 aliphatic carbocycles. The van der Waals surface area contributed by atoms with Crippen molar-refractivity contribution >= 4 is 27.1 Å². The molecule has 146 valence electrons. The minimum absolute atomic E-state index is 0.0602. The van der Waals surface area contributed by atoms with Crippen LogP contribution in [-0.4, -0.2) is 32.7 Å². The smallest absolute Gasteiger partial charge is 0.338 e. The fourth-order valence-electron chi connectivity index (χ4n) is 2.50. The Kier molecular flexibility index (Phi) is 6.11. The lowest BCUT2D eigenvalue weighted by molar-refractivity contribution is 0.0468. The summed E-state index contributed by atoms with van der Waals surface area (Å²) in [6.45, 7) is 0.0661. The highest BCUT2D eigenvalue weighted by Crippen LogP contribution is 2.26. The number of hydrogen-bond acceptors (Lipinski definition) is 7. The highest BCUT2D eigenvalue weighted by molar-refractivity contribution is 7.89. The number of esters is 1. The van der Waals surface area contributed by atoms with E-state index >= 15 is 0 Å². The first-order valence-corrected chi connectivity index (χ1v) is 11.3. The molecule has 28 heavy (non-hydrogen) atoms. The van der Waals surface area contributed by atoms with Gasteiger partial charge in [0.05, 0.1) is 24.1 Å². The Bertz CT molecular complexity index is 1050. The minimum Gasteiger partial charge on any atom is -0.497 e. The summed E-state index contributed by atoms with van der Waals surface area (Å²) < 4.78 is 33.1. The number of carbonyl (C=O) groups excluding carboxylic acids is 1. The summed E-state index contributed by atoms with van der Waals surface area (Å²) in [6, 6.07) is 13.9. The van der Waals surface area contributed by atoms with Crippen molar-refractivity contribution in [2.24, 2.45) is 0 Å². The van der Waals surface area contributed by atoms with E-state index in [0.29, 0.717) is 16.8 Å². The van der Waals surface area contributed by atoms with Gasteiger partial charge in [-0.2, -0.15) is 0 Å². The summed E-state index contributed by atoms with van der Waals surface area (Å²) in [6.07, 6.45) is 1.17. The lowest BCUT2D eigenvalue weighted by Crippen LogP contribution is -2.06. The van der Waals surface area contributed by atoms with E-state index < -0.39 is 15.8 Å². The van der Waals surface area contributed by atoms with Gasteiger partial charge in [-0.25, -0.2) is 18.2 Å². The zero-order valence-corrected chi connectivity index (χ0v) is 17.0. The summed E-state index contributed by atoms with van der Waals surface area (Å²) in [5, 5.41) is 2.68. The summed E-state index contributed by atoms with van der Waals surface area (Å²) >= 11 is 1.47. The van der Waals surface area contributed by atoms with Crippen molar-refractivity contribution in [1.82, 2.24) is 4.98 Å². The van der Waals surface area contributed by atoms with Crippen molar-refractivity contribution in [3.8, 4) is 16.3 Å². The number of rotatable bonds is 7. The molecule has 2 aromatic carbocycles. The number of benzene rings is 2. The molecule has 1 aromatic heterocycles. The monoisotopic (exact) mass is 417 g/mol. The van der Waals surface area contributed by atoms with Gasteiger partial charge in [0.1, 0.15) is 17.4 Å². The number of sulfone groups is 1. The maximum Gasteiger partial charge on any atom is 0.338 e. The van der Waals surface area contributed by atoms with Gasteiger partial charge in [0.15, 0.2) is 9.84 Å². The Morgan fingerprint density at radius 3 is 2.36 bits per heavy atom. The molecule has 6 nitrogen and oxygen atoms in total. The zero-order chi connectivity index (χ0) is 20.1. The number of ether oxygens (including phenoxy) is 2. The molecular weight excluding hydrogens is 398 g/mol. The molecule has 0 atom stereocenters. The van der Waals surface area contributed by atoms with Gasteiger partial charge in [0.25, 0.3) is 0 Å². The summed E-state index contributed by atoms with van der Waals surface area (Å²) in [5.74, 6) is 0.233. The van der Waals surface area contributed by atoms with E-state index in [0.717, 1.165) is 16.3 Å². The van der Waals surface area contributed by atoms with Crippen molar-refractivity contribution in [1.29, 1.82) is 0 Å². The lowest BCUT2D eigenvalue weighted by atomic mass is 10.1. The van der Waals surface area contributed by atoms with Crippen LogP contribution in [0.4, 0.5) is 0 Å². The molecule has 0 radical (unpaired) electrons. The summed E-state index contributed by atoms with van der Waals surface area (Å²) in [5.41, 5.74) is 2.62. The third kappa shape index (κ3) is 5.40. The van der Waals surface area contributed by atoms with Gasteiger partial charge in [-0.05, 0) is 42.0 Å². The van der Waals surface area contributed by atoms with E-state index in [1.165, 1.54) is 17.6 Å². The Balaban J connectivity index is 1.59. The molecule has 0 aliphatic heterocycles. The van der Waals surface area contributed by atoms with E-state index in [1.807, 2.05) is 29.6 Å². The van der Waals surface area contributed by atoms with Crippen LogP contribution in [0.25, 0.3) is 10.6 Å². The fourth-order valence-corrected chi connectivity index (χ4v) is 4.11. The second-order valence-corrected chi connectivity index (χ2v) is 9.21. The standard InChI is InChI=1S/C20H19NO5S2/c1-25-18-9-7-15(8-10-18)19-21-17(12-27-19)11-26-20(22)16-5-3-14(4-6-16)13-28(2,23)24/h3-10,12H,11,13H2,1-2H3. The van der Waals surface area contributed by atoms with Crippen molar-refractivity contribution in [2.45, 2.75) is 12.4 Å². The molecule has 0 fully saturated rings. The van der Waals surface area contributed by atoms with Gasteiger partial charge >= 0.3 is 5.97 Å². The molecule has 3 rings (SSSR count). The third-order valence-electron chi connectivity index (χ3n) is 3.86. The van der Waals surface area contributed by atoms with E-state index in [1.54, 1.807) is 31.4 Å². The number of thiazole rings is 1. The second-order valence-electron chi connectivity index (χ2n) is 6.22. The van der Waals surface area contributed by atoms with Crippen molar-refractivity contribution in [2.75, 3.05) is 13.4 Å². The van der Waals surface area contributed by atoms with Crippen LogP contribution < -0.4 is 4.74 Å². The number of aromatic nitrogens is 1. The Labute approximate surface area is 167 Å². The number of carbonyl (C=O) groups is 1. The normalized spacial score (nSPS) is 11.2. The Hall–Kier alpha value is -2.71. The number of hydrogen-bond donors (Lipinski definition) is 0. The van der Waals surface area contributed by atoms with E-state index in [-0.39, 0.29) is 12.4 Å². The van der Waals surface area contributed by atoms with E-state index in [2.05, 4.69) is 4.98 Å². The largest absolute Gasteiger partial charge is 0.497 e. The first-order valence-electron chi connectivity index (χ1n) is 8.37. The lowest BCUT2D eigenvalue weighted by Gasteiger charge is -2.04. The Morgan fingerprint density at radius 2 is 1.75 bits per heavy atom. The Morgan fingerprint density at radius 1 is 1.07 bits per heavy atom. The fraction of sp³-hybridized carbons (Fsp3) is 0.200. The number of nitrogens with zero attached hydrogens (tertiary/aromatic N) is 1. The van der Waals surface area contributed by atoms with Crippen LogP contribution in [0.3, 0.4) is 0 Å². The van der Waals surface area contributed by atoms with Crippen molar-refractivity contribution in [3.05, 3.63) is 70.7 Å². The molecule has 0 saturated carbocycles. The molecule has 0 bridgehead atoms. The predicted molar refractivity (Wildman–Crippen MR) is 108 cm³/mol. The maximum absolute atomic E-state index is 12.2. The van der Waals surface area contributed by atoms with E-state index in [9.17, 15) is 13.2 Å².